The summed E-state index contributed by atoms with van der Waals surface area (Å²) in [5.41, 5.74) is 5.63. The van der Waals surface area contributed by atoms with E-state index in [0.717, 1.165) is 6.42 Å². The molecule has 7 nitrogen and oxygen atoms in total. The van der Waals surface area contributed by atoms with Crippen LogP contribution in [0.25, 0.3) is 0 Å². The Morgan fingerprint density at radius 1 is 1.39 bits per heavy atom. The number of carbonyl (C=O) groups is 1. The fraction of sp³-hybridized carbons (Fsp3) is 0.583. The lowest BCUT2D eigenvalue weighted by Crippen LogP contribution is -2.43. The van der Waals surface area contributed by atoms with E-state index in [-0.39, 0.29) is 24.7 Å². The smallest absolute Gasteiger partial charge is 0.324 e. The van der Waals surface area contributed by atoms with Crippen molar-refractivity contribution in [2.75, 3.05) is 26.4 Å². The second kappa shape index (κ2) is 10.1. The van der Waals surface area contributed by atoms with Gasteiger partial charge in [-0.05, 0) is 44.3 Å². The first-order chi connectivity index (χ1) is 10.8. The lowest BCUT2D eigenvalue weighted by atomic mass is 10.3. The molecule has 1 rings (SSSR count). The molecule has 1 atom stereocenters. The molecule has 0 saturated carbocycles. The van der Waals surface area contributed by atoms with E-state index >= 15 is 0 Å². The van der Waals surface area contributed by atoms with Crippen molar-refractivity contribution in [3.8, 4) is 0 Å². The summed E-state index contributed by atoms with van der Waals surface area (Å²) in [7, 11) is -3.76. The zero-order valence-electron chi connectivity index (χ0n) is 12.4. The first-order valence-corrected chi connectivity index (χ1v) is 10.6. The number of carbonyl (C=O) groups excluding carboxylic acids is 1. The average Bonchev–Trinajstić information content (AvgIpc) is 2.84. The van der Waals surface area contributed by atoms with Gasteiger partial charge in [0.05, 0.1) is 14.2 Å². The van der Waals surface area contributed by atoms with E-state index in [1.807, 2.05) is 6.92 Å². The number of nitrogens with two attached hydrogens (primary N) is 1. The third-order valence-electron chi connectivity index (χ3n) is 2.53. The minimum atomic E-state index is -3.76. The molecule has 0 aromatic carbocycles. The molecule has 0 bridgehead atoms. The van der Waals surface area contributed by atoms with Crippen LogP contribution < -0.4 is 10.5 Å². The van der Waals surface area contributed by atoms with Gasteiger partial charge in [0.15, 0.2) is 0 Å². The van der Waals surface area contributed by atoms with Crippen molar-refractivity contribution >= 4 is 59.2 Å². The molecule has 0 saturated heterocycles. The van der Waals surface area contributed by atoms with Crippen LogP contribution in [0.3, 0.4) is 0 Å². The van der Waals surface area contributed by atoms with Gasteiger partial charge < -0.3 is 15.2 Å². The Hall–Kier alpha value is -0.0400. The number of esters is 1. The van der Waals surface area contributed by atoms with Crippen LogP contribution in [-0.2, 0) is 24.3 Å². The van der Waals surface area contributed by atoms with E-state index in [1.54, 1.807) is 0 Å². The second-order valence-corrected chi connectivity index (χ2v) is 9.91. The Bertz CT molecular complexity index is 621. The van der Waals surface area contributed by atoms with Gasteiger partial charge in [0.1, 0.15) is 17.5 Å². The zero-order valence-corrected chi connectivity index (χ0v) is 17.2. The predicted octanol–water partition coefficient (Wildman–Crippen LogP) is 1.85. The molecule has 1 unspecified atom stereocenters. The van der Waals surface area contributed by atoms with Crippen molar-refractivity contribution in [1.82, 2.24) is 4.72 Å². The van der Waals surface area contributed by atoms with Crippen LogP contribution in [-0.4, -0.2) is 46.8 Å². The first kappa shape index (κ1) is 21.0. The fourth-order valence-corrected chi connectivity index (χ4v) is 6.29. The summed E-state index contributed by atoms with van der Waals surface area (Å²) < 4.78 is 37.8. The van der Waals surface area contributed by atoms with Crippen molar-refractivity contribution < 1.29 is 22.7 Å². The number of ether oxygens (including phenoxy) is 2. The molecule has 1 aromatic rings. The number of rotatable bonds is 10. The topological polar surface area (TPSA) is 108 Å². The van der Waals surface area contributed by atoms with Crippen molar-refractivity contribution in [3.05, 3.63) is 13.6 Å². The Morgan fingerprint density at radius 2 is 2.09 bits per heavy atom. The van der Waals surface area contributed by atoms with Crippen LogP contribution in [0.1, 0.15) is 13.3 Å². The summed E-state index contributed by atoms with van der Waals surface area (Å²) in [6, 6.07) is 0.378. The predicted molar refractivity (Wildman–Crippen MR) is 95.0 cm³/mol. The van der Waals surface area contributed by atoms with Gasteiger partial charge >= 0.3 is 5.97 Å². The average molecular weight is 494 g/mol. The molecule has 11 heteroatoms. The van der Waals surface area contributed by atoms with Gasteiger partial charge in [-0.2, -0.15) is 0 Å². The van der Waals surface area contributed by atoms with Crippen molar-refractivity contribution in [1.29, 1.82) is 0 Å². The first-order valence-electron chi connectivity index (χ1n) is 6.72. The summed E-state index contributed by atoms with van der Waals surface area (Å²) in [4.78, 5) is 11.7. The van der Waals surface area contributed by atoms with Gasteiger partial charge in [0, 0.05) is 13.2 Å². The van der Waals surface area contributed by atoms with Gasteiger partial charge in [0.2, 0.25) is 10.0 Å². The minimum Gasteiger partial charge on any atom is -0.462 e. The molecule has 0 fully saturated rings. The zero-order chi connectivity index (χ0) is 17.5. The molecule has 0 radical (unpaired) electrons. The highest BCUT2D eigenvalue weighted by atomic mass is 79.9. The van der Waals surface area contributed by atoms with E-state index in [9.17, 15) is 13.2 Å². The highest BCUT2D eigenvalue weighted by Crippen LogP contribution is 2.34. The molecule has 132 valence electrons. The second-order valence-electron chi connectivity index (χ2n) is 4.43. The standard InChI is InChI=1S/C12H18Br2N2O5S2/c1-2-3-20-4-5-21-12(17)8(15)7-16-23(18,19)9-6-10(13)22-11(9)14/h6,8,16H,2-5,7,15H2,1H3. The number of halogens is 2. The quantitative estimate of drug-likeness (QED) is 0.380. The van der Waals surface area contributed by atoms with Crippen molar-refractivity contribution in [2.45, 2.75) is 24.3 Å². The molecular weight excluding hydrogens is 476 g/mol. The molecule has 1 heterocycles. The minimum absolute atomic E-state index is 0.0856. The van der Waals surface area contributed by atoms with Crippen molar-refractivity contribution in [3.63, 3.8) is 0 Å². The van der Waals surface area contributed by atoms with E-state index in [2.05, 4.69) is 36.6 Å². The molecule has 0 aliphatic heterocycles. The number of sulfonamides is 1. The Balaban J connectivity index is 2.44. The summed E-state index contributed by atoms with van der Waals surface area (Å²) >= 11 is 7.62. The Labute approximate surface area is 156 Å². The third-order valence-corrected chi connectivity index (χ3v) is 6.71. The molecule has 0 aliphatic rings. The normalized spacial score (nSPS) is 13.0. The van der Waals surface area contributed by atoms with Crippen molar-refractivity contribution in [2.24, 2.45) is 5.73 Å². The summed E-state index contributed by atoms with van der Waals surface area (Å²) in [5, 5.41) is 0. The molecule has 0 spiro atoms. The maximum absolute atomic E-state index is 12.1. The van der Waals surface area contributed by atoms with E-state index in [4.69, 9.17) is 15.2 Å². The van der Waals surface area contributed by atoms with Gasteiger partial charge in [-0.3, -0.25) is 4.79 Å². The van der Waals surface area contributed by atoms with Gasteiger partial charge in [-0.25, -0.2) is 13.1 Å². The third kappa shape index (κ3) is 7.16. The lowest BCUT2D eigenvalue weighted by molar-refractivity contribution is -0.146. The Morgan fingerprint density at radius 3 is 2.65 bits per heavy atom. The highest BCUT2D eigenvalue weighted by molar-refractivity contribution is 9.12. The van der Waals surface area contributed by atoms with Gasteiger partial charge in [-0.1, -0.05) is 6.92 Å². The summed E-state index contributed by atoms with van der Waals surface area (Å²) in [6.07, 6.45) is 0.878. The highest BCUT2D eigenvalue weighted by Gasteiger charge is 2.23. The number of hydrogen-bond acceptors (Lipinski definition) is 7. The van der Waals surface area contributed by atoms with Crippen LogP contribution in [0.5, 0.6) is 0 Å². The number of nitrogens with one attached hydrogen (secondary N) is 1. The molecule has 0 amide bonds. The summed E-state index contributed by atoms with van der Waals surface area (Å²) in [5.74, 6) is -0.682. The number of hydrogen-bond donors (Lipinski definition) is 2. The van der Waals surface area contributed by atoms with E-state index < -0.39 is 22.0 Å². The van der Waals surface area contributed by atoms with Crippen LogP contribution in [0, 0.1) is 0 Å². The molecule has 23 heavy (non-hydrogen) atoms. The maximum Gasteiger partial charge on any atom is 0.324 e. The van der Waals surface area contributed by atoms with Crippen LogP contribution in [0.15, 0.2) is 18.5 Å². The maximum atomic E-state index is 12.1. The van der Waals surface area contributed by atoms with Crippen LogP contribution >= 0.6 is 43.2 Å². The lowest BCUT2D eigenvalue weighted by Gasteiger charge is -2.12. The summed E-state index contributed by atoms with van der Waals surface area (Å²) in [6.45, 7) is 2.68. The number of thiophene rings is 1. The largest absolute Gasteiger partial charge is 0.462 e. The molecule has 0 aliphatic carbocycles. The van der Waals surface area contributed by atoms with Gasteiger partial charge in [-0.15, -0.1) is 11.3 Å². The SMILES string of the molecule is CCCOCCOC(=O)C(N)CNS(=O)(=O)c1cc(Br)sc1Br. The fourth-order valence-electron chi connectivity index (χ4n) is 1.42. The monoisotopic (exact) mass is 492 g/mol. The van der Waals surface area contributed by atoms with E-state index in [0.29, 0.717) is 14.2 Å². The van der Waals surface area contributed by atoms with Crippen LogP contribution in [0.2, 0.25) is 0 Å². The molecular formula is C12H18Br2N2O5S2. The van der Waals surface area contributed by atoms with E-state index in [1.165, 1.54) is 17.4 Å². The molecule has 3 N–H and O–H groups in total. The Kier molecular flexibility index (Phi) is 9.19. The van der Waals surface area contributed by atoms with Crippen LogP contribution in [0.4, 0.5) is 0 Å². The molecule has 1 aromatic heterocycles. The van der Waals surface area contributed by atoms with Gasteiger partial charge in [0.25, 0.3) is 0 Å².